The average molecular weight is 156 g/mol. The van der Waals surface area contributed by atoms with Gasteiger partial charge in [-0.2, -0.15) is 0 Å². The van der Waals surface area contributed by atoms with Crippen LogP contribution < -0.4 is 0 Å². The zero-order chi connectivity index (χ0) is 12.6. The highest BCUT2D eigenvalue weighted by Gasteiger charge is 2.03. The van der Waals surface area contributed by atoms with E-state index in [1.165, 1.54) is 0 Å². The summed E-state index contributed by atoms with van der Waals surface area (Å²) < 4.78 is 35.7. The van der Waals surface area contributed by atoms with Crippen molar-refractivity contribution in [1.29, 1.82) is 0 Å². The van der Waals surface area contributed by atoms with Gasteiger partial charge in [-0.1, -0.05) is 12.1 Å². The first-order valence-corrected chi connectivity index (χ1v) is 2.54. The number of benzene rings is 1. The molecule has 4 heteroatoms. The monoisotopic (exact) mass is 156 g/mol. The van der Waals surface area contributed by atoms with Crippen LogP contribution in [0.25, 0.3) is 0 Å². The number of carbonyl (C=O) groups excluding carboxylic acids is 1. The molecule has 0 heterocycles. The molecule has 0 saturated carbocycles. The number of hydrogen-bond donors (Lipinski definition) is 0. The van der Waals surface area contributed by atoms with Gasteiger partial charge in [0.15, 0.2) is 0 Å². The smallest absolute Gasteiger partial charge is 0.270 e. The Bertz CT molecular complexity index is 460. The van der Waals surface area contributed by atoms with Crippen LogP contribution in [-0.4, -0.2) is 11.2 Å². The fourth-order valence-corrected chi connectivity index (χ4v) is 0.476. The van der Waals surface area contributed by atoms with E-state index in [2.05, 4.69) is 0 Å². The normalized spacial score (nSPS) is 15.5. The molecular formula is C7H5NO3. The molecule has 4 nitrogen and oxygen atoms in total. The summed E-state index contributed by atoms with van der Waals surface area (Å²) >= 11 is 0. The summed E-state index contributed by atoms with van der Waals surface area (Å²) in [5.74, 6) is 0. The predicted octanol–water partition coefficient (Wildman–Crippen LogP) is 1.41. The van der Waals surface area contributed by atoms with Crippen LogP contribution in [0.3, 0.4) is 0 Å². The lowest BCUT2D eigenvalue weighted by molar-refractivity contribution is -0.384. The van der Waals surface area contributed by atoms with Crippen LogP contribution in [0.5, 0.6) is 0 Å². The Morgan fingerprint density at radius 3 is 3.00 bits per heavy atom. The molecule has 0 radical (unpaired) electrons. The first kappa shape index (κ1) is 3.13. The highest BCUT2D eigenvalue weighted by Crippen LogP contribution is 2.10. The molecule has 0 aliphatic carbocycles. The first-order valence-electron chi connectivity index (χ1n) is 5.04. The molecule has 1 aromatic rings. The second kappa shape index (κ2) is 2.92. The fraction of sp³-hybridized carbons (Fsp3) is 0. The average Bonchev–Trinajstić information content (AvgIpc) is 2.13. The minimum absolute atomic E-state index is 0.805. The van der Waals surface area contributed by atoms with Crippen LogP contribution in [0.2, 0.25) is 0 Å². The van der Waals surface area contributed by atoms with E-state index < -0.39 is 46.6 Å². The quantitative estimate of drug-likeness (QED) is 0.369. The van der Waals surface area contributed by atoms with Gasteiger partial charge in [0.25, 0.3) is 5.69 Å². The fourth-order valence-electron chi connectivity index (χ4n) is 0.476. The van der Waals surface area contributed by atoms with Gasteiger partial charge >= 0.3 is 0 Å². The number of nitro groups is 1. The molecule has 0 unspecified atom stereocenters. The van der Waals surface area contributed by atoms with E-state index in [1.54, 1.807) is 0 Å². The molecular weight excluding hydrogens is 146 g/mol. The molecule has 11 heavy (non-hydrogen) atoms. The van der Waals surface area contributed by atoms with E-state index in [1.807, 2.05) is 0 Å². The van der Waals surface area contributed by atoms with Crippen molar-refractivity contribution in [3.8, 4) is 0 Å². The van der Waals surface area contributed by atoms with Gasteiger partial charge in [0.05, 0.1) is 10.4 Å². The molecule has 0 N–H and O–H groups in total. The van der Waals surface area contributed by atoms with E-state index in [0.717, 1.165) is 0 Å². The van der Waals surface area contributed by atoms with Crippen LogP contribution in [0.15, 0.2) is 24.2 Å². The summed E-state index contributed by atoms with van der Waals surface area (Å²) in [6.45, 7) is 0. The molecule has 56 valence electrons. The summed E-state index contributed by atoms with van der Waals surface area (Å²) in [6, 6.07) is -3.50. The molecule has 0 spiro atoms. The summed E-state index contributed by atoms with van der Waals surface area (Å²) in [5.41, 5.74) is -1.86. The Morgan fingerprint density at radius 1 is 1.73 bits per heavy atom. The Labute approximate surface area is 69.6 Å². The van der Waals surface area contributed by atoms with Gasteiger partial charge in [0, 0.05) is 17.6 Å². The molecule has 1 aromatic carbocycles. The van der Waals surface area contributed by atoms with Crippen molar-refractivity contribution in [3.05, 3.63) is 39.8 Å². The summed E-state index contributed by atoms with van der Waals surface area (Å²) in [6.07, 6.45) is -1.45. The third-order valence-corrected chi connectivity index (χ3v) is 0.896. The number of carbonyl (C=O) groups is 1. The third-order valence-electron chi connectivity index (χ3n) is 0.896. The molecule has 0 aliphatic heterocycles. The molecule has 0 aromatic heterocycles. The summed E-state index contributed by atoms with van der Waals surface area (Å²) in [7, 11) is 0. The maximum Gasteiger partial charge on any atom is 0.270 e. The Morgan fingerprint density at radius 2 is 2.45 bits per heavy atom. The standard InChI is InChI=1S/C7H5NO3/c9-5-6-2-1-3-7(4-6)8(10)11/h1-5H/i1D,2D,3D,4D,5D. The van der Waals surface area contributed by atoms with E-state index in [9.17, 15) is 14.9 Å². The van der Waals surface area contributed by atoms with Crippen LogP contribution in [-0.2, 0) is 0 Å². The van der Waals surface area contributed by atoms with Crippen LogP contribution in [0, 0.1) is 10.1 Å². The molecule has 0 amide bonds. The minimum Gasteiger partial charge on any atom is -0.298 e. The minimum atomic E-state index is -1.45. The van der Waals surface area contributed by atoms with Gasteiger partial charge < -0.3 is 0 Å². The zero-order valence-corrected chi connectivity index (χ0v) is 5.17. The molecule has 0 atom stereocenters. The summed E-state index contributed by atoms with van der Waals surface area (Å²) in [4.78, 5) is 20.2. The van der Waals surface area contributed by atoms with Gasteiger partial charge in [0.2, 0.25) is 0 Å². The van der Waals surface area contributed by atoms with Crippen LogP contribution in [0.4, 0.5) is 5.69 Å². The predicted molar refractivity (Wildman–Crippen MR) is 38.5 cm³/mol. The Balaban J connectivity index is 3.80. The lowest BCUT2D eigenvalue weighted by Crippen LogP contribution is -1.88. The number of nitro benzene ring substituents is 1. The summed E-state index contributed by atoms with van der Waals surface area (Å²) in [5, 5.41) is 10.5. The zero-order valence-electron chi connectivity index (χ0n) is 10.2. The Hall–Kier alpha value is -1.71. The lowest BCUT2D eigenvalue weighted by Gasteiger charge is -1.90. The molecule has 0 bridgehead atoms. The third kappa shape index (κ3) is 1.61. The van der Waals surface area contributed by atoms with Gasteiger partial charge in [0.1, 0.15) is 7.63 Å². The van der Waals surface area contributed by atoms with E-state index in [0.29, 0.717) is 0 Å². The number of rotatable bonds is 2. The van der Waals surface area contributed by atoms with Crippen LogP contribution >= 0.6 is 0 Å². The first-order chi connectivity index (χ1) is 7.29. The van der Waals surface area contributed by atoms with Crippen molar-refractivity contribution in [1.82, 2.24) is 0 Å². The van der Waals surface area contributed by atoms with Crippen molar-refractivity contribution in [3.63, 3.8) is 0 Å². The van der Waals surface area contributed by atoms with Crippen molar-refractivity contribution in [2.24, 2.45) is 0 Å². The van der Waals surface area contributed by atoms with Crippen LogP contribution in [0.1, 0.15) is 17.2 Å². The van der Waals surface area contributed by atoms with E-state index in [4.69, 9.17) is 6.85 Å². The van der Waals surface area contributed by atoms with Gasteiger partial charge in [-0.3, -0.25) is 14.9 Å². The SMILES string of the molecule is [2H]C(=O)c1c([2H])c([2H])c([2H])c([N+](=O)[O-])c1[2H]. The van der Waals surface area contributed by atoms with Crippen molar-refractivity contribution in [2.45, 2.75) is 0 Å². The maximum absolute atomic E-state index is 10.8. The van der Waals surface area contributed by atoms with Gasteiger partial charge in [-0.05, 0) is 0 Å². The molecule has 0 saturated heterocycles. The molecule has 1 rings (SSSR count). The number of nitrogens with zero attached hydrogens (tertiary/aromatic N) is 1. The van der Waals surface area contributed by atoms with Gasteiger partial charge in [-0.15, -0.1) is 0 Å². The lowest BCUT2D eigenvalue weighted by atomic mass is 10.2. The van der Waals surface area contributed by atoms with Crippen molar-refractivity contribution in [2.75, 3.05) is 0 Å². The second-order valence-electron chi connectivity index (χ2n) is 1.58. The highest BCUT2D eigenvalue weighted by molar-refractivity contribution is 5.75. The second-order valence-corrected chi connectivity index (χ2v) is 1.58. The van der Waals surface area contributed by atoms with Crippen molar-refractivity contribution < 1.29 is 16.6 Å². The van der Waals surface area contributed by atoms with E-state index in [-0.39, 0.29) is 0 Å². The molecule has 0 fully saturated rings. The van der Waals surface area contributed by atoms with Gasteiger partial charge in [-0.25, -0.2) is 0 Å². The number of hydrogen-bond acceptors (Lipinski definition) is 3. The maximum atomic E-state index is 10.8. The van der Waals surface area contributed by atoms with E-state index >= 15 is 0 Å². The largest absolute Gasteiger partial charge is 0.298 e. The topological polar surface area (TPSA) is 60.2 Å². The number of aldehydes is 1. The highest BCUT2D eigenvalue weighted by atomic mass is 16.6. The van der Waals surface area contributed by atoms with Crippen molar-refractivity contribution >= 4 is 11.9 Å². The molecule has 0 aliphatic rings. The Kier molecular flexibility index (Phi) is 0.829.